The van der Waals surface area contributed by atoms with Gasteiger partial charge in [0.25, 0.3) is 0 Å². The van der Waals surface area contributed by atoms with E-state index in [1.807, 2.05) is 0 Å². The van der Waals surface area contributed by atoms with Gasteiger partial charge in [-0.3, -0.25) is 4.79 Å². The lowest BCUT2D eigenvalue weighted by atomic mass is 9.96. The molecule has 1 aliphatic rings. The number of ketones is 1. The number of rotatable bonds is 5. The fourth-order valence-corrected chi connectivity index (χ4v) is 1.76. The zero-order valence-corrected chi connectivity index (χ0v) is 9.62. The first-order valence-electron chi connectivity index (χ1n) is 5.90. The fraction of sp³-hybridized carbons (Fsp3) is 0.462. The van der Waals surface area contributed by atoms with Crippen molar-refractivity contribution in [3.8, 4) is 5.75 Å². The van der Waals surface area contributed by atoms with Crippen LogP contribution in [0.4, 0.5) is 4.39 Å². The molecular formula is C13H16FNO2. The van der Waals surface area contributed by atoms with Crippen LogP contribution in [0.2, 0.25) is 0 Å². The van der Waals surface area contributed by atoms with Crippen LogP contribution in [0.3, 0.4) is 0 Å². The van der Waals surface area contributed by atoms with Gasteiger partial charge >= 0.3 is 0 Å². The molecule has 4 heteroatoms. The number of halogens is 1. The Morgan fingerprint density at radius 2 is 2.24 bits per heavy atom. The van der Waals surface area contributed by atoms with Gasteiger partial charge in [-0.1, -0.05) is 0 Å². The Bertz CT molecular complexity index is 416. The molecule has 0 spiro atoms. The molecule has 92 valence electrons. The molecule has 1 aliphatic carbocycles. The lowest BCUT2D eigenvalue weighted by Gasteiger charge is -2.27. The lowest BCUT2D eigenvalue weighted by Crippen LogP contribution is -2.25. The third kappa shape index (κ3) is 2.82. The second kappa shape index (κ2) is 5.27. The van der Waals surface area contributed by atoms with Gasteiger partial charge < -0.3 is 10.5 Å². The van der Waals surface area contributed by atoms with Crippen molar-refractivity contribution < 1.29 is 13.9 Å². The van der Waals surface area contributed by atoms with Gasteiger partial charge in [0, 0.05) is 6.42 Å². The molecule has 1 aromatic rings. The number of benzene rings is 1. The summed E-state index contributed by atoms with van der Waals surface area (Å²) in [6.07, 6.45) is 3.54. The van der Waals surface area contributed by atoms with Crippen LogP contribution in [0.15, 0.2) is 18.2 Å². The Balaban J connectivity index is 2.19. The largest absolute Gasteiger partial charge is 0.490 e. The Hall–Kier alpha value is -1.42. The maximum Gasteiger partial charge on any atom is 0.167 e. The Labute approximate surface area is 99.8 Å². The highest BCUT2D eigenvalue weighted by atomic mass is 19.1. The Morgan fingerprint density at radius 3 is 2.82 bits per heavy atom. The highest BCUT2D eigenvalue weighted by molar-refractivity contribution is 5.98. The summed E-state index contributed by atoms with van der Waals surface area (Å²) in [6, 6.07) is 4.07. The van der Waals surface area contributed by atoms with E-state index < -0.39 is 5.82 Å². The van der Waals surface area contributed by atoms with Gasteiger partial charge in [0.1, 0.15) is 11.6 Å². The average molecular weight is 237 g/mol. The SMILES string of the molecule is NCCC(=O)c1cc(F)ccc1OC1CCC1. The molecule has 0 aliphatic heterocycles. The van der Waals surface area contributed by atoms with Gasteiger partial charge in [0.05, 0.1) is 11.7 Å². The Morgan fingerprint density at radius 1 is 1.47 bits per heavy atom. The topological polar surface area (TPSA) is 52.3 Å². The van der Waals surface area contributed by atoms with Crippen LogP contribution in [-0.2, 0) is 0 Å². The van der Waals surface area contributed by atoms with E-state index in [2.05, 4.69) is 0 Å². The molecule has 0 bridgehead atoms. The number of ether oxygens (including phenoxy) is 1. The fourth-order valence-electron chi connectivity index (χ4n) is 1.76. The van der Waals surface area contributed by atoms with Crippen molar-refractivity contribution in [2.75, 3.05) is 6.54 Å². The van der Waals surface area contributed by atoms with E-state index in [-0.39, 0.29) is 24.9 Å². The van der Waals surface area contributed by atoms with Crippen LogP contribution in [-0.4, -0.2) is 18.4 Å². The third-order valence-corrected chi connectivity index (χ3v) is 2.96. The molecule has 2 N–H and O–H groups in total. The molecule has 0 unspecified atom stereocenters. The second-order valence-corrected chi connectivity index (χ2v) is 4.27. The van der Waals surface area contributed by atoms with E-state index in [1.54, 1.807) is 0 Å². The van der Waals surface area contributed by atoms with E-state index in [0.717, 1.165) is 19.3 Å². The highest BCUT2D eigenvalue weighted by Gasteiger charge is 2.22. The first-order chi connectivity index (χ1) is 8.20. The summed E-state index contributed by atoms with van der Waals surface area (Å²) < 4.78 is 18.8. The summed E-state index contributed by atoms with van der Waals surface area (Å²) in [5.41, 5.74) is 5.65. The number of carbonyl (C=O) groups excluding carboxylic acids is 1. The van der Waals surface area contributed by atoms with Crippen LogP contribution in [0.25, 0.3) is 0 Å². The molecule has 0 amide bonds. The minimum absolute atomic E-state index is 0.165. The maximum atomic E-state index is 13.1. The van der Waals surface area contributed by atoms with Gasteiger partial charge in [-0.25, -0.2) is 4.39 Å². The zero-order valence-electron chi connectivity index (χ0n) is 9.62. The summed E-state index contributed by atoms with van der Waals surface area (Å²) in [5, 5.41) is 0. The van der Waals surface area contributed by atoms with Gasteiger partial charge in [-0.2, -0.15) is 0 Å². The molecule has 2 rings (SSSR count). The van der Waals surface area contributed by atoms with Crippen LogP contribution in [0, 0.1) is 5.82 Å². The summed E-state index contributed by atoms with van der Waals surface area (Å²) in [6.45, 7) is 0.262. The molecule has 0 heterocycles. The van der Waals surface area contributed by atoms with Crippen molar-refractivity contribution in [2.45, 2.75) is 31.8 Å². The number of hydrogen-bond acceptors (Lipinski definition) is 3. The molecule has 0 atom stereocenters. The molecular weight excluding hydrogens is 221 g/mol. The summed E-state index contributed by atoms with van der Waals surface area (Å²) >= 11 is 0. The summed E-state index contributed by atoms with van der Waals surface area (Å²) in [7, 11) is 0. The molecule has 1 saturated carbocycles. The van der Waals surface area contributed by atoms with Crippen LogP contribution in [0.1, 0.15) is 36.0 Å². The van der Waals surface area contributed by atoms with E-state index in [1.165, 1.54) is 18.2 Å². The lowest BCUT2D eigenvalue weighted by molar-refractivity contribution is 0.0957. The number of Topliss-reactive ketones (excluding diaryl/α,β-unsaturated/α-hetero) is 1. The van der Waals surface area contributed by atoms with Crippen molar-refractivity contribution in [1.29, 1.82) is 0 Å². The Kier molecular flexibility index (Phi) is 3.74. The molecule has 1 fully saturated rings. The average Bonchev–Trinajstić information content (AvgIpc) is 2.25. The normalized spacial score (nSPS) is 15.4. The van der Waals surface area contributed by atoms with Gasteiger partial charge in [-0.15, -0.1) is 0 Å². The molecule has 0 saturated heterocycles. The maximum absolute atomic E-state index is 13.1. The van der Waals surface area contributed by atoms with Gasteiger partial charge in [0.2, 0.25) is 0 Å². The molecule has 1 aromatic carbocycles. The molecule has 0 aromatic heterocycles. The first-order valence-corrected chi connectivity index (χ1v) is 5.90. The van der Waals surface area contributed by atoms with Crippen molar-refractivity contribution in [2.24, 2.45) is 5.73 Å². The van der Waals surface area contributed by atoms with Crippen LogP contribution in [0.5, 0.6) is 5.75 Å². The monoisotopic (exact) mass is 237 g/mol. The second-order valence-electron chi connectivity index (χ2n) is 4.27. The van der Waals surface area contributed by atoms with E-state index in [4.69, 9.17) is 10.5 Å². The minimum atomic E-state index is -0.425. The van der Waals surface area contributed by atoms with Crippen molar-refractivity contribution in [3.63, 3.8) is 0 Å². The first kappa shape index (κ1) is 12.0. The number of nitrogens with two attached hydrogens (primary N) is 1. The van der Waals surface area contributed by atoms with Crippen LogP contribution >= 0.6 is 0 Å². The van der Waals surface area contributed by atoms with Crippen molar-refractivity contribution in [1.82, 2.24) is 0 Å². The summed E-state index contributed by atoms with van der Waals surface area (Å²) in [5.74, 6) is -0.109. The zero-order chi connectivity index (χ0) is 12.3. The predicted molar refractivity (Wildman–Crippen MR) is 62.7 cm³/mol. The number of hydrogen-bond donors (Lipinski definition) is 1. The van der Waals surface area contributed by atoms with Crippen LogP contribution < -0.4 is 10.5 Å². The minimum Gasteiger partial charge on any atom is -0.490 e. The predicted octanol–water partition coefficient (Wildman–Crippen LogP) is 2.29. The quantitative estimate of drug-likeness (QED) is 0.799. The third-order valence-electron chi connectivity index (χ3n) is 2.96. The van der Waals surface area contributed by atoms with Crippen molar-refractivity contribution >= 4 is 5.78 Å². The number of carbonyl (C=O) groups is 1. The smallest absolute Gasteiger partial charge is 0.167 e. The highest BCUT2D eigenvalue weighted by Crippen LogP contribution is 2.28. The van der Waals surface area contributed by atoms with Crippen molar-refractivity contribution in [3.05, 3.63) is 29.6 Å². The van der Waals surface area contributed by atoms with E-state index >= 15 is 0 Å². The van der Waals surface area contributed by atoms with Gasteiger partial charge in [-0.05, 0) is 44.0 Å². The van der Waals surface area contributed by atoms with E-state index in [9.17, 15) is 9.18 Å². The molecule has 3 nitrogen and oxygen atoms in total. The standard InChI is InChI=1S/C13H16FNO2/c14-9-4-5-13(17-10-2-1-3-10)11(8-9)12(16)6-7-15/h4-5,8,10H,1-3,6-7,15H2. The molecule has 17 heavy (non-hydrogen) atoms. The van der Waals surface area contributed by atoms with Gasteiger partial charge in [0.15, 0.2) is 5.78 Å². The summed E-state index contributed by atoms with van der Waals surface area (Å²) in [4.78, 5) is 11.8. The molecule has 0 radical (unpaired) electrons. The van der Waals surface area contributed by atoms with E-state index in [0.29, 0.717) is 11.3 Å².